The van der Waals surface area contributed by atoms with E-state index in [0.717, 1.165) is 14.5 Å². The van der Waals surface area contributed by atoms with Gasteiger partial charge in [0.2, 0.25) is 0 Å². The van der Waals surface area contributed by atoms with Gasteiger partial charge in [-0.05, 0) is 59.0 Å². The Morgan fingerprint density at radius 1 is 1.10 bits per heavy atom. The quantitative estimate of drug-likeness (QED) is 0.676. The minimum Gasteiger partial charge on any atom is -0.478 e. The Morgan fingerprint density at radius 3 is 2.71 bits per heavy atom. The lowest BCUT2D eigenvalue weighted by Crippen LogP contribution is -2.01. The lowest BCUT2D eigenvalue weighted by molar-refractivity contribution is 0.0694. The first-order valence-electron chi connectivity index (χ1n) is 6.19. The molecule has 0 saturated carbocycles. The van der Waals surface area contributed by atoms with Crippen LogP contribution in [0.4, 0.5) is 0 Å². The topological polar surface area (TPSA) is 59.4 Å². The van der Waals surface area contributed by atoms with Crippen LogP contribution in [-0.4, -0.2) is 16.1 Å². The molecule has 0 bridgehead atoms. The maximum Gasteiger partial charge on any atom is 0.339 e. The number of aromatic carboxylic acids is 1. The summed E-state index contributed by atoms with van der Waals surface area (Å²) in [5.74, 6) is -0.106. The third-order valence-electron chi connectivity index (χ3n) is 3.00. The zero-order valence-electron chi connectivity index (χ0n) is 10.8. The number of halogens is 1. The van der Waals surface area contributed by atoms with Gasteiger partial charge in [-0.15, -0.1) is 0 Å². The molecule has 3 aromatic rings. The zero-order valence-corrected chi connectivity index (χ0v) is 12.9. The molecule has 0 atom stereocenters. The number of hydrogen-bond donors (Lipinski definition) is 1. The second-order valence-electron chi connectivity index (χ2n) is 4.37. The number of fused-ring (bicyclic) bond motifs is 1. The van der Waals surface area contributed by atoms with Gasteiger partial charge in [0, 0.05) is 15.2 Å². The first-order valence-corrected chi connectivity index (χ1v) is 7.27. The van der Waals surface area contributed by atoms with Crippen LogP contribution in [-0.2, 0) is 0 Å². The molecule has 5 heteroatoms. The summed E-state index contributed by atoms with van der Waals surface area (Å²) in [7, 11) is 0. The molecule has 0 amide bonds. The van der Waals surface area contributed by atoms with Crippen molar-refractivity contribution in [3.8, 4) is 11.5 Å². The molecule has 0 fully saturated rings. The fourth-order valence-electron chi connectivity index (χ4n) is 2.04. The normalized spacial score (nSPS) is 10.5. The predicted octanol–water partition coefficient (Wildman–Crippen LogP) is 4.33. The molecule has 0 saturated heterocycles. The van der Waals surface area contributed by atoms with Crippen molar-refractivity contribution in [2.45, 2.75) is 0 Å². The van der Waals surface area contributed by atoms with E-state index in [2.05, 4.69) is 27.6 Å². The van der Waals surface area contributed by atoms with Gasteiger partial charge in [-0.2, -0.15) is 0 Å². The Bertz CT molecular complexity index is 827. The minimum absolute atomic E-state index is 0.141. The van der Waals surface area contributed by atoms with Gasteiger partial charge in [-0.25, -0.2) is 4.79 Å². The monoisotopic (exact) mass is 391 g/mol. The van der Waals surface area contributed by atoms with E-state index in [1.807, 2.05) is 30.3 Å². The second-order valence-corrected chi connectivity index (χ2v) is 5.62. The van der Waals surface area contributed by atoms with Gasteiger partial charge in [0.05, 0.1) is 5.52 Å². The summed E-state index contributed by atoms with van der Waals surface area (Å²) in [5, 5.41) is 10.1. The number of nitrogens with zero attached hydrogens (tertiary/aromatic N) is 1. The number of benzene rings is 2. The molecule has 2 aromatic carbocycles. The summed E-state index contributed by atoms with van der Waals surface area (Å²) in [6.07, 6.45) is 1.64. The van der Waals surface area contributed by atoms with E-state index in [4.69, 9.17) is 4.74 Å². The standard InChI is InChI=1S/C16H10INO3/c17-10-5-6-14(12(9-10)16(19)20)21-15-7-8-18-13-4-2-1-3-11(13)15/h1-9H,(H,19,20). The Labute approximate surface area is 134 Å². The first kappa shape index (κ1) is 13.8. The van der Waals surface area contributed by atoms with Crippen molar-refractivity contribution in [3.63, 3.8) is 0 Å². The molecule has 104 valence electrons. The largest absolute Gasteiger partial charge is 0.478 e. The predicted molar refractivity (Wildman–Crippen MR) is 87.9 cm³/mol. The van der Waals surface area contributed by atoms with Gasteiger partial charge >= 0.3 is 5.97 Å². The molecular weight excluding hydrogens is 381 g/mol. The van der Waals surface area contributed by atoms with Crippen molar-refractivity contribution in [3.05, 3.63) is 63.9 Å². The lowest BCUT2D eigenvalue weighted by Gasteiger charge is -2.11. The highest BCUT2D eigenvalue weighted by Gasteiger charge is 2.13. The van der Waals surface area contributed by atoms with Crippen LogP contribution < -0.4 is 4.74 Å². The first-order chi connectivity index (χ1) is 10.1. The van der Waals surface area contributed by atoms with Crippen molar-refractivity contribution >= 4 is 39.5 Å². The number of ether oxygens (including phenoxy) is 1. The van der Waals surface area contributed by atoms with Gasteiger partial charge < -0.3 is 9.84 Å². The van der Waals surface area contributed by atoms with Crippen LogP contribution >= 0.6 is 22.6 Å². The van der Waals surface area contributed by atoms with Crippen molar-refractivity contribution in [1.29, 1.82) is 0 Å². The number of carbonyl (C=O) groups is 1. The zero-order chi connectivity index (χ0) is 14.8. The van der Waals surface area contributed by atoms with E-state index in [1.54, 1.807) is 24.4 Å². The number of pyridine rings is 1. The molecule has 0 radical (unpaired) electrons. The van der Waals surface area contributed by atoms with Crippen LogP contribution in [0.25, 0.3) is 10.9 Å². The smallest absolute Gasteiger partial charge is 0.339 e. The summed E-state index contributed by atoms with van der Waals surface area (Å²) >= 11 is 2.07. The molecule has 0 unspecified atom stereocenters. The molecule has 21 heavy (non-hydrogen) atoms. The summed E-state index contributed by atoms with van der Waals surface area (Å²) in [5.41, 5.74) is 0.945. The number of hydrogen-bond acceptors (Lipinski definition) is 3. The van der Waals surface area contributed by atoms with Crippen molar-refractivity contribution < 1.29 is 14.6 Å². The molecule has 0 aliphatic heterocycles. The van der Waals surface area contributed by atoms with Gasteiger partial charge in [0.15, 0.2) is 0 Å². The molecule has 4 nitrogen and oxygen atoms in total. The van der Waals surface area contributed by atoms with E-state index < -0.39 is 5.97 Å². The second kappa shape index (κ2) is 5.69. The van der Waals surface area contributed by atoms with Gasteiger partial charge in [0.25, 0.3) is 0 Å². The molecule has 0 aliphatic carbocycles. The number of aromatic nitrogens is 1. The Hall–Kier alpha value is -2.15. The third-order valence-corrected chi connectivity index (χ3v) is 3.67. The SMILES string of the molecule is O=C(O)c1cc(I)ccc1Oc1ccnc2ccccc12. The molecule has 1 heterocycles. The molecule has 0 aliphatic rings. The number of carboxylic acid groups (broad SMARTS) is 1. The number of carboxylic acids is 1. The van der Waals surface area contributed by atoms with Gasteiger partial charge in [0.1, 0.15) is 17.1 Å². The van der Waals surface area contributed by atoms with E-state index in [9.17, 15) is 9.90 Å². The highest BCUT2D eigenvalue weighted by molar-refractivity contribution is 14.1. The Balaban J connectivity index is 2.09. The van der Waals surface area contributed by atoms with Gasteiger partial charge in [-0.1, -0.05) is 12.1 Å². The summed E-state index contributed by atoms with van der Waals surface area (Å²) < 4.78 is 6.66. The van der Waals surface area contributed by atoms with Crippen molar-refractivity contribution in [2.75, 3.05) is 0 Å². The van der Waals surface area contributed by atoms with E-state index in [-0.39, 0.29) is 5.56 Å². The third kappa shape index (κ3) is 2.82. The summed E-state index contributed by atoms with van der Waals surface area (Å²) in [6, 6.07) is 14.4. The summed E-state index contributed by atoms with van der Waals surface area (Å²) in [4.78, 5) is 15.6. The Morgan fingerprint density at radius 2 is 1.90 bits per heavy atom. The maximum atomic E-state index is 11.3. The van der Waals surface area contributed by atoms with Gasteiger partial charge in [-0.3, -0.25) is 4.98 Å². The Kier molecular flexibility index (Phi) is 3.74. The average molecular weight is 391 g/mol. The number of para-hydroxylation sites is 1. The van der Waals surface area contributed by atoms with E-state index >= 15 is 0 Å². The molecule has 0 spiro atoms. The van der Waals surface area contributed by atoms with Crippen LogP contribution in [0.3, 0.4) is 0 Å². The van der Waals surface area contributed by atoms with Crippen LogP contribution in [0.1, 0.15) is 10.4 Å². The van der Waals surface area contributed by atoms with Crippen LogP contribution in [0.15, 0.2) is 54.7 Å². The highest BCUT2D eigenvalue weighted by atomic mass is 127. The maximum absolute atomic E-state index is 11.3. The fourth-order valence-corrected chi connectivity index (χ4v) is 2.53. The van der Waals surface area contributed by atoms with Crippen molar-refractivity contribution in [2.24, 2.45) is 0 Å². The van der Waals surface area contributed by atoms with E-state index in [1.165, 1.54) is 0 Å². The minimum atomic E-state index is -1.01. The van der Waals surface area contributed by atoms with Crippen LogP contribution in [0.2, 0.25) is 0 Å². The van der Waals surface area contributed by atoms with Crippen LogP contribution in [0.5, 0.6) is 11.5 Å². The average Bonchev–Trinajstić information content (AvgIpc) is 2.49. The molecule has 1 N–H and O–H groups in total. The van der Waals surface area contributed by atoms with E-state index in [0.29, 0.717) is 11.5 Å². The summed E-state index contributed by atoms with van der Waals surface area (Å²) in [6.45, 7) is 0. The molecule has 1 aromatic heterocycles. The highest BCUT2D eigenvalue weighted by Crippen LogP contribution is 2.31. The molecule has 3 rings (SSSR count). The lowest BCUT2D eigenvalue weighted by atomic mass is 10.2. The van der Waals surface area contributed by atoms with Crippen molar-refractivity contribution in [1.82, 2.24) is 4.98 Å². The number of rotatable bonds is 3. The molecular formula is C16H10INO3. The van der Waals surface area contributed by atoms with Crippen LogP contribution in [0, 0.1) is 3.57 Å². The fraction of sp³-hybridized carbons (Fsp3) is 0.